The standard InChI is InChI=1S/C16H17ClF3NO3/c1-3-8-21-15(23)10(2)24-14(22)7-5-11-4-6-13(17)12(9-11)16(18,19)20/h4-7,9-10H,3,8H2,1-2H3,(H,21,23)/b7-5+/t10-/m1/s1. The first-order valence-corrected chi connectivity index (χ1v) is 7.56. The van der Waals surface area contributed by atoms with Crippen molar-refractivity contribution in [2.24, 2.45) is 0 Å². The van der Waals surface area contributed by atoms with E-state index in [0.717, 1.165) is 30.7 Å². The Hall–Kier alpha value is -2.02. The highest BCUT2D eigenvalue weighted by Gasteiger charge is 2.33. The molecular formula is C16H17ClF3NO3. The summed E-state index contributed by atoms with van der Waals surface area (Å²) in [6.07, 6.45) is -2.74. The minimum atomic E-state index is -4.59. The summed E-state index contributed by atoms with van der Waals surface area (Å²) in [5, 5.41) is 2.13. The summed E-state index contributed by atoms with van der Waals surface area (Å²) in [6, 6.07) is 3.25. The first-order chi connectivity index (χ1) is 11.1. The van der Waals surface area contributed by atoms with E-state index < -0.39 is 34.7 Å². The fourth-order valence-corrected chi connectivity index (χ4v) is 1.91. The predicted molar refractivity (Wildman–Crippen MR) is 84.3 cm³/mol. The van der Waals surface area contributed by atoms with Crippen LogP contribution in [0.25, 0.3) is 6.08 Å². The van der Waals surface area contributed by atoms with Crippen LogP contribution >= 0.6 is 11.6 Å². The van der Waals surface area contributed by atoms with Gasteiger partial charge in [-0.25, -0.2) is 4.79 Å². The SMILES string of the molecule is CCCNC(=O)[C@@H](C)OC(=O)/C=C/c1ccc(Cl)c(C(F)(F)F)c1. The third-order valence-electron chi connectivity index (χ3n) is 2.92. The maximum absolute atomic E-state index is 12.7. The van der Waals surface area contributed by atoms with Gasteiger partial charge in [0.1, 0.15) is 0 Å². The van der Waals surface area contributed by atoms with Crippen molar-refractivity contribution in [1.82, 2.24) is 5.32 Å². The average molecular weight is 364 g/mol. The molecule has 0 heterocycles. The van der Waals surface area contributed by atoms with Crippen LogP contribution in [0.1, 0.15) is 31.4 Å². The summed E-state index contributed by atoms with van der Waals surface area (Å²) in [4.78, 5) is 23.2. The highest BCUT2D eigenvalue weighted by atomic mass is 35.5. The summed E-state index contributed by atoms with van der Waals surface area (Å²) in [5.74, 6) is -1.28. The Morgan fingerprint density at radius 3 is 2.62 bits per heavy atom. The van der Waals surface area contributed by atoms with E-state index in [-0.39, 0.29) is 5.56 Å². The first kappa shape index (κ1) is 20.0. The highest BCUT2D eigenvalue weighted by Crippen LogP contribution is 2.35. The zero-order valence-corrected chi connectivity index (χ0v) is 13.9. The molecule has 0 aliphatic heterocycles. The third-order valence-corrected chi connectivity index (χ3v) is 3.25. The minimum absolute atomic E-state index is 0.131. The number of nitrogens with one attached hydrogen (secondary N) is 1. The molecule has 0 aliphatic rings. The Morgan fingerprint density at radius 2 is 2.04 bits per heavy atom. The molecule has 0 unspecified atom stereocenters. The molecule has 0 fully saturated rings. The minimum Gasteiger partial charge on any atom is -0.449 e. The van der Waals surface area contributed by atoms with Gasteiger partial charge in [0.05, 0.1) is 10.6 Å². The van der Waals surface area contributed by atoms with Gasteiger partial charge in [-0.1, -0.05) is 24.6 Å². The zero-order chi connectivity index (χ0) is 18.3. The summed E-state index contributed by atoms with van der Waals surface area (Å²) >= 11 is 5.51. The second kappa shape index (κ2) is 8.73. The topological polar surface area (TPSA) is 55.4 Å². The summed E-state index contributed by atoms with van der Waals surface area (Å²) < 4.78 is 43.1. The molecule has 0 aliphatic carbocycles. The summed E-state index contributed by atoms with van der Waals surface area (Å²) in [6.45, 7) is 3.74. The van der Waals surface area contributed by atoms with Gasteiger partial charge in [-0.15, -0.1) is 0 Å². The number of benzene rings is 1. The van der Waals surface area contributed by atoms with Gasteiger partial charge in [0.2, 0.25) is 0 Å². The number of hydrogen-bond donors (Lipinski definition) is 1. The van der Waals surface area contributed by atoms with Crippen LogP contribution in [0.5, 0.6) is 0 Å². The normalized spacial score (nSPS) is 12.9. The molecule has 0 spiro atoms. The Bertz CT molecular complexity index is 629. The Morgan fingerprint density at radius 1 is 1.38 bits per heavy atom. The van der Waals surface area contributed by atoms with Crippen LogP contribution in [0, 0.1) is 0 Å². The number of alkyl halides is 3. The van der Waals surface area contributed by atoms with Gasteiger partial charge in [0, 0.05) is 12.6 Å². The Labute approximate surface area is 142 Å². The van der Waals surface area contributed by atoms with E-state index >= 15 is 0 Å². The lowest BCUT2D eigenvalue weighted by Gasteiger charge is -2.11. The van der Waals surface area contributed by atoms with Gasteiger partial charge in [0.15, 0.2) is 6.10 Å². The molecule has 4 nitrogen and oxygen atoms in total. The molecule has 1 N–H and O–H groups in total. The smallest absolute Gasteiger partial charge is 0.417 e. The molecule has 1 aromatic carbocycles. The number of carbonyl (C=O) groups excluding carboxylic acids is 2. The fraction of sp³-hybridized carbons (Fsp3) is 0.375. The molecule has 0 bridgehead atoms. The maximum atomic E-state index is 12.7. The van der Waals surface area contributed by atoms with E-state index in [1.54, 1.807) is 0 Å². The lowest BCUT2D eigenvalue weighted by Crippen LogP contribution is -2.35. The maximum Gasteiger partial charge on any atom is 0.417 e. The van der Waals surface area contributed by atoms with Crippen molar-refractivity contribution in [3.63, 3.8) is 0 Å². The van der Waals surface area contributed by atoms with Gasteiger partial charge >= 0.3 is 12.1 Å². The van der Waals surface area contributed by atoms with Gasteiger partial charge in [-0.05, 0) is 37.1 Å². The van der Waals surface area contributed by atoms with Crippen molar-refractivity contribution in [2.45, 2.75) is 32.5 Å². The van der Waals surface area contributed by atoms with Crippen LogP contribution in [-0.4, -0.2) is 24.5 Å². The predicted octanol–water partition coefficient (Wildman–Crippen LogP) is 3.83. The number of halogens is 4. The number of carbonyl (C=O) groups is 2. The molecule has 0 saturated carbocycles. The molecule has 1 aromatic rings. The van der Waals surface area contributed by atoms with Crippen molar-refractivity contribution in [3.05, 3.63) is 40.4 Å². The quantitative estimate of drug-likeness (QED) is 0.617. The van der Waals surface area contributed by atoms with Crippen LogP contribution in [0.2, 0.25) is 5.02 Å². The molecule has 1 amide bonds. The van der Waals surface area contributed by atoms with E-state index in [1.807, 2.05) is 6.92 Å². The second-order valence-electron chi connectivity index (χ2n) is 4.94. The monoisotopic (exact) mass is 363 g/mol. The third kappa shape index (κ3) is 6.23. The van der Waals surface area contributed by atoms with E-state index in [1.165, 1.54) is 13.0 Å². The molecule has 0 saturated heterocycles. The lowest BCUT2D eigenvalue weighted by molar-refractivity contribution is -0.150. The molecule has 132 valence electrons. The lowest BCUT2D eigenvalue weighted by atomic mass is 10.1. The van der Waals surface area contributed by atoms with Crippen molar-refractivity contribution < 1.29 is 27.5 Å². The number of hydrogen-bond acceptors (Lipinski definition) is 3. The second-order valence-corrected chi connectivity index (χ2v) is 5.35. The Balaban J connectivity index is 2.72. The van der Waals surface area contributed by atoms with Gasteiger partial charge in [-0.3, -0.25) is 4.79 Å². The van der Waals surface area contributed by atoms with Crippen molar-refractivity contribution in [1.29, 1.82) is 0 Å². The van der Waals surface area contributed by atoms with Crippen LogP contribution < -0.4 is 5.32 Å². The first-order valence-electron chi connectivity index (χ1n) is 7.18. The van der Waals surface area contributed by atoms with Crippen LogP contribution in [0.4, 0.5) is 13.2 Å². The summed E-state index contributed by atoms with van der Waals surface area (Å²) in [5.41, 5.74) is -0.862. The Kier molecular flexibility index (Phi) is 7.28. The van der Waals surface area contributed by atoms with E-state index in [4.69, 9.17) is 16.3 Å². The highest BCUT2D eigenvalue weighted by molar-refractivity contribution is 6.31. The van der Waals surface area contributed by atoms with Gasteiger partial charge < -0.3 is 10.1 Å². The number of ether oxygens (including phenoxy) is 1. The largest absolute Gasteiger partial charge is 0.449 e. The average Bonchev–Trinajstić information content (AvgIpc) is 2.50. The number of esters is 1. The number of amides is 1. The van der Waals surface area contributed by atoms with Crippen molar-refractivity contribution >= 4 is 29.6 Å². The molecule has 0 aromatic heterocycles. The van der Waals surface area contributed by atoms with Crippen LogP contribution in [-0.2, 0) is 20.5 Å². The van der Waals surface area contributed by atoms with E-state index in [0.29, 0.717) is 6.54 Å². The molecular weight excluding hydrogens is 347 g/mol. The molecule has 1 atom stereocenters. The fourth-order valence-electron chi connectivity index (χ4n) is 1.69. The summed E-state index contributed by atoms with van der Waals surface area (Å²) in [7, 11) is 0. The zero-order valence-electron chi connectivity index (χ0n) is 13.1. The van der Waals surface area contributed by atoms with Gasteiger partial charge in [-0.2, -0.15) is 13.2 Å². The number of rotatable bonds is 6. The molecule has 1 rings (SSSR count). The van der Waals surface area contributed by atoms with E-state index in [9.17, 15) is 22.8 Å². The molecule has 24 heavy (non-hydrogen) atoms. The van der Waals surface area contributed by atoms with Crippen molar-refractivity contribution in [2.75, 3.05) is 6.54 Å². The molecule has 0 radical (unpaired) electrons. The van der Waals surface area contributed by atoms with Crippen LogP contribution in [0.15, 0.2) is 24.3 Å². The molecule has 8 heteroatoms. The van der Waals surface area contributed by atoms with Crippen LogP contribution in [0.3, 0.4) is 0 Å². The van der Waals surface area contributed by atoms with E-state index in [2.05, 4.69) is 5.32 Å². The van der Waals surface area contributed by atoms with Crippen molar-refractivity contribution in [3.8, 4) is 0 Å². The van der Waals surface area contributed by atoms with Gasteiger partial charge in [0.25, 0.3) is 5.91 Å².